The molecule has 1 aliphatic rings. The topological polar surface area (TPSA) is 95.6 Å². The summed E-state index contributed by atoms with van der Waals surface area (Å²) in [5.74, 6) is -1.41. The molecule has 2 N–H and O–H groups in total. The summed E-state index contributed by atoms with van der Waals surface area (Å²) in [5, 5.41) is 5.04. The lowest BCUT2D eigenvalue weighted by molar-refractivity contribution is -0.136. The maximum absolute atomic E-state index is 11.8. The molecule has 2 rings (SSSR count). The predicted molar refractivity (Wildman–Crippen MR) is 88.9 cm³/mol. The number of nitrogens with zero attached hydrogens (tertiary/aromatic N) is 1. The number of carbonyl (C=O) groups is 2. The Balaban J connectivity index is 2.15. The summed E-state index contributed by atoms with van der Waals surface area (Å²) in [6, 6.07) is 4.99. The molecule has 0 fully saturated rings. The third-order valence-corrected chi connectivity index (χ3v) is 4.74. The summed E-state index contributed by atoms with van der Waals surface area (Å²) in [6.45, 7) is 2.80. The zero-order valence-corrected chi connectivity index (χ0v) is 14.1. The van der Waals surface area contributed by atoms with Crippen LogP contribution in [-0.2, 0) is 26.0 Å². The minimum atomic E-state index is -3.32. The van der Waals surface area contributed by atoms with Gasteiger partial charge in [-0.2, -0.15) is 0 Å². The van der Waals surface area contributed by atoms with Crippen LogP contribution in [0.5, 0.6) is 0 Å². The minimum absolute atomic E-state index is 0.444. The standard InChI is InChI=1S/C15H21N3O4S/c1-3-8-16-14(19)15(20)17-12-6-7-13-11(10-12)5-4-9-18(13)23(2,21)22/h6-7,10H,3-5,8-9H2,1-2H3,(H,16,19)(H,17,20). The Morgan fingerprint density at radius 3 is 2.65 bits per heavy atom. The van der Waals surface area contributed by atoms with Crippen LogP contribution >= 0.6 is 0 Å². The van der Waals surface area contributed by atoms with Crippen LogP contribution in [-0.4, -0.2) is 39.6 Å². The fourth-order valence-corrected chi connectivity index (χ4v) is 3.49. The molecule has 1 aromatic rings. The van der Waals surface area contributed by atoms with Crippen molar-refractivity contribution in [2.24, 2.45) is 0 Å². The van der Waals surface area contributed by atoms with Gasteiger partial charge in [-0.3, -0.25) is 13.9 Å². The summed E-state index contributed by atoms with van der Waals surface area (Å²) in [5.41, 5.74) is 1.95. The second kappa shape index (κ2) is 6.99. The van der Waals surface area contributed by atoms with Crippen LogP contribution in [0.3, 0.4) is 0 Å². The molecule has 0 saturated carbocycles. The highest BCUT2D eigenvalue weighted by Crippen LogP contribution is 2.31. The fourth-order valence-electron chi connectivity index (χ4n) is 2.49. The summed E-state index contributed by atoms with van der Waals surface area (Å²) in [6.07, 6.45) is 3.37. The normalized spacial score (nSPS) is 14.1. The molecule has 0 spiro atoms. The molecular weight excluding hydrogens is 318 g/mol. The first-order valence-corrected chi connectivity index (χ1v) is 9.37. The summed E-state index contributed by atoms with van der Waals surface area (Å²) >= 11 is 0. The van der Waals surface area contributed by atoms with Crippen LogP contribution in [0.1, 0.15) is 25.3 Å². The molecule has 2 amide bonds. The van der Waals surface area contributed by atoms with E-state index in [1.807, 2.05) is 6.92 Å². The van der Waals surface area contributed by atoms with Crippen LogP contribution in [0.25, 0.3) is 0 Å². The van der Waals surface area contributed by atoms with Gasteiger partial charge in [0.15, 0.2) is 0 Å². The van der Waals surface area contributed by atoms with Crippen molar-refractivity contribution in [2.45, 2.75) is 26.2 Å². The molecule has 0 aromatic heterocycles. The molecule has 1 heterocycles. The monoisotopic (exact) mass is 339 g/mol. The van der Waals surface area contributed by atoms with Gasteiger partial charge in [0.2, 0.25) is 10.0 Å². The first-order valence-electron chi connectivity index (χ1n) is 7.52. The molecule has 1 aromatic carbocycles. The van der Waals surface area contributed by atoms with Crippen molar-refractivity contribution in [2.75, 3.05) is 29.0 Å². The smallest absolute Gasteiger partial charge is 0.313 e. The Hall–Kier alpha value is -2.09. The molecule has 0 unspecified atom stereocenters. The number of rotatable bonds is 4. The van der Waals surface area contributed by atoms with Crippen molar-refractivity contribution in [1.82, 2.24) is 5.32 Å². The molecule has 1 aliphatic heterocycles. The molecular formula is C15H21N3O4S. The van der Waals surface area contributed by atoms with Crippen molar-refractivity contribution >= 4 is 33.2 Å². The van der Waals surface area contributed by atoms with E-state index in [1.54, 1.807) is 18.2 Å². The zero-order chi connectivity index (χ0) is 17.0. The average molecular weight is 339 g/mol. The Morgan fingerprint density at radius 1 is 1.26 bits per heavy atom. The van der Waals surface area contributed by atoms with Crippen molar-refractivity contribution in [1.29, 1.82) is 0 Å². The average Bonchev–Trinajstić information content (AvgIpc) is 2.50. The second-order valence-corrected chi connectivity index (χ2v) is 7.40. The quantitative estimate of drug-likeness (QED) is 0.796. The van der Waals surface area contributed by atoms with E-state index in [1.165, 1.54) is 10.6 Å². The SMILES string of the molecule is CCCNC(=O)C(=O)Nc1ccc2c(c1)CCCN2S(C)(=O)=O. The summed E-state index contributed by atoms with van der Waals surface area (Å²) in [7, 11) is -3.32. The number of carbonyl (C=O) groups excluding carboxylic acids is 2. The van der Waals surface area contributed by atoms with E-state index in [-0.39, 0.29) is 0 Å². The maximum Gasteiger partial charge on any atom is 0.313 e. The number of anilines is 2. The zero-order valence-electron chi connectivity index (χ0n) is 13.3. The van der Waals surface area contributed by atoms with Gasteiger partial charge in [-0.15, -0.1) is 0 Å². The van der Waals surface area contributed by atoms with Gasteiger partial charge >= 0.3 is 11.8 Å². The Morgan fingerprint density at radius 2 is 2.00 bits per heavy atom. The van der Waals surface area contributed by atoms with Crippen molar-refractivity contribution in [3.05, 3.63) is 23.8 Å². The lowest BCUT2D eigenvalue weighted by Gasteiger charge is -2.29. The fraction of sp³-hybridized carbons (Fsp3) is 0.467. The molecule has 0 radical (unpaired) electrons. The second-order valence-electron chi connectivity index (χ2n) is 5.49. The molecule has 7 nitrogen and oxygen atoms in total. The van der Waals surface area contributed by atoms with Gasteiger partial charge in [-0.25, -0.2) is 8.42 Å². The number of nitrogens with one attached hydrogen (secondary N) is 2. The largest absolute Gasteiger partial charge is 0.348 e. The highest BCUT2D eigenvalue weighted by atomic mass is 32.2. The van der Waals surface area contributed by atoms with E-state index >= 15 is 0 Å². The van der Waals surface area contributed by atoms with E-state index in [9.17, 15) is 18.0 Å². The van der Waals surface area contributed by atoms with Crippen LogP contribution in [0.15, 0.2) is 18.2 Å². The number of sulfonamides is 1. The van der Waals surface area contributed by atoms with Crippen molar-refractivity contribution in [3.8, 4) is 0 Å². The third-order valence-electron chi connectivity index (χ3n) is 3.56. The van der Waals surface area contributed by atoms with Gasteiger partial charge in [-0.1, -0.05) is 6.92 Å². The van der Waals surface area contributed by atoms with Crippen molar-refractivity contribution in [3.63, 3.8) is 0 Å². The van der Waals surface area contributed by atoms with Gasteiger partial charge in [0.1, 0.15) is 0 Å². The van der Waals surface area contributed by atoms with E-state index in [4.69, 9.17) is 0 Å². The number of hydrogen-bond donors (Lipinski definition) is 2. The number of benzene rings is 1. The third kappa shape index (κ3) is 4.22. The number of fused-ring (bicyclic) bond motifs is 1. The lowest BCUT2D eigenvalue weighted by Crippen LogP contribution is -2.36. The van der Waals surface area contributed by atoms with Crippen LogP contribution in [0, 0.1) is 0 Å². The lowest BCUT2D eigenvalue weighted by atomic mass is 10.0. The first kappa shape index (κ1) is 17.3. The number of aryl methyl sites for hydroxylation is 1. The number of amides is 2. The predicted octanol–water partition coefficient (Wildman–Crippen LogP) is 0.863. The molecule has 0 aliphatic carbocycles. The van der Waals surface area contributed by atoms with E-state index in [0.29, 0.717) is 30.9 Å². The summed E-state index contributed by atoms with van der Waals surface area (Å²) < 4.78 is 25.0. The van der Waals surface area contributed by atoms with Gasteiger partial charge in [0.05, 0.1) is 11.9 Å². The van der Waals surface area contributed by atoms with Gasteiger partial charge in [0.25, 0.3) is 0 Å². The highest BCUT2D eigenvalue weighted by Gasteiger charge is 2.24. The molecule has 0 saturated heterocycles. The van der Waals surface area contributed by atoms with Gasteiger partial charge in [-0.05, 0) is 43.0 Å². The Kier molecular flexibility index (Phi) is 5.25. The highest BCUT2D eigenvalue weighted by molar-refractivity contribution is 7.92. The van der Waals surface area contributed by atoms with E-state index < -0.39 is 21.8 Å². The molecule has 0 atom stereocenters. The van der Waals surface area contributed by atoms with Crippen LogP contribution in [0.2, 0.25) is 0 Å². The van der Waals surface area contributed by atoms with Crippen LogP contribution in [0.4, 0.5) is 11.4 Å². The van der Waals surface area contributed by atoms with Gasteiger partial charge < -0.3 is 10.6 Å². The van der Waals surface area contributed by atoms with Gasteiger partial charge in [0, 0.05) is 18.8 Å². The van der Waals surface area contributed by atoms with E-state index in [2.05, 4.69) is 10.6 Å². The van der Waals surface area contributed by atoms with E-state index in [0.717, 1.165) is 18.4 Å². The summed E-state index contributed by atoms with van der Waals surface area (Å²) in [4.78, 5) is 23.3. The molecule has 8 heteroatoms. The number of hydrogen-bond acceptors (Lipinski definition) is 4. The maximum atomic E-state index is 11.8. The molecule has 23 heavy (non-hydrogen) atoms. The first-order chi connectivity index (χ1) is 10.8. The van der Waals surface area contributed by atoms with Crippen molar-refractivity contribution < 1.29 is 18.0 Å². The minimum Gasteiger partial charge on any atom is -0.348 e. The molecule has 126 valence electrons. The molecule has 0 bridgehead atoms. The Bertz CT molecular complexity index is 715. The Labute approximate surface area is 136 Å². The van der Waals surface area contributed by atoms with Crippen LogP contribution < -0.4 is 14.9 Å².